The van der Waals surface area contributed by atoms with E-state index in [0.29, 0.717) is 0 Å². The van der Waals surface area contributed by atoms with Crippen molar-refractivity contribution < 1.29 is 0 Å². The van der Waals surface area contributed by atoms with Crippen molar-refractivity contribution in [2.75, 3.05) is 0 Å². The zero-order chi connectivity index (χ0) is 11.5. The van der Waals surface area contributed by atoms with E-state index in [0.717, 1.165) is 16.6 Å². The average Bonchev–Trinajstić information content (AvgIpc) is 2.84. The van der Waals surface area contributed by atoms with Gasteiger partial charge in [-0.25, -0.2) is 0 Å². The van der Waals surface area contributed by atoms with E-state index in [-0.39, 0.29) is 6.04 Å². The van der Waals surface area contributed by atoms with Gasteiger partial charge in [-0.2, -0.15) is 0 Å². The van der Waals surface area contributed by atoms with Crippen molar-refractivity contribution in [3.8, 4) is 0 Å². The van der Waals surface area contributed by atoms with E-state index in [1.165, 1.54) is 4.88 Å². The molecule has 5 nitrogen and oxygen atoms in total. The monoisotopic (exact) mass is 301 g/mol. The van der Waals surface area contributed by atoms with Gasteiger partial charge >= 0.3 is 0 Å². The van der Waals surface area contributed by atoms with Crippen molar-refractivity contribution >= 4 is 27.3 Å². The van der Waals surface area contributed by atoms with Crippen LogP contribution in [0.4, 0.5) is 0 Å². The third kappa shape index (κ3) is 2.67. The van der Waals surface area contributed by atoms with Crippen LogP contribution in [0.25, 0.3) is 0 Å². The number of hydrogen-bond donors (Lipinski definition) is 2. The zero-order valence-corrected chi connectivity index (χ0v) is 11.1. The third-order valence-corrected chi connectivity index (χ3v) is 4.00. The predicted octanol–water partition coefficient (Wildman–Crippen LogP) is 1.39. The number of halogens is 1. The highest BCUT2D eigenvalue weighted by molar-refractivity contribution is 9.10. The van der Waals surface area contributed by atoms with Crippen LogP contribution < -0.4 is 11.3 Å². The lowest BCUT2D eigenvalue weighted by Gasteiger charge is -2.11. The summed E-state index contributed by atoms with van der Waals surface area (Å²) in [6.45, 7) is 0. The highest BCUT2D eigenvalue weighted by Gasteiger charge is 2.14. The number of aryl methyl sites for hydroxylation is 1. The summed E-state index contributed by atoms with van der Waals surface area (Å²) < 4.78 is 2.76. The number of nitrogens with zero attached hydrogens (tertiary/aromatic N) is 3. The lowest BCUT2D eigenvalue weighted by Crippen LogP contribution is -2.29. The highest BCUT2D eigenvalue weighted by Crippen LogP contribution is 2.26. The Hall–Kier alpha value is -0.760. The molecule has 1 atom stereocenters. The minimum absolute atomic E-state index is 0.0769. The lowest BCUT2D eigenvalue weighted by atomic mass is 10.1. The highest BCUT2D eigenvalue weighted by atomic mass is 79.9. The van der Waals surface area contributed by atoms with Crippen molar-refractivity contribution in [1.29, 1.82) is 0 Å². The molecule has 0 aliphatic carbocycles. The van der Waals surface area contributed by atoms with Gasteiger partial charge in [0.05, 0.1) is 11.7 Å². The second kappa shape index (κ2) is 5.05. The smallest absolute Gasteiger partial charge is 0.0846 e. The molecule has 0 aromatic carbocycles. The Labute approximate surface area is 106 Å². The molecular weight excluding hydrogens is 290 g/mol. The van der Waals surface area contributed by atoms with Gasteiger partial charge in [0, 0.05) is 34.4 Å². The molecule has 0 aliphatic heterocycles. The van der Waals surface area contributed by atoms with Crippen molar-refractivity contribution in [3.05, 3.63) is 32.7 Å². The molecule has 0 amide bonds. The summed E-state index contributed by atoms with van der Waals surface area (Å²) in [5.41, 5.74) is 3.73. The van der Waals surface area contributed by atoms with Crippen LogP contribution in [-0.4, -0.2) is 15.0 Å². The minimum Gasteiger partial charge on any atom is -0.271 e. The Morgan fingerprint density at radius 3 is 3.00 bits per heavy atom. The summed E-state index contributed by atoms with van der Waals surface area (Å²) >= 11 is 5.09. The first-order valence-electron chi connectivity index (χ1n) is 4.74. The third-order valence-electron chi connectivity index (χ3n) is 2.20. The van der Waals surface area contributed by atoms with E-state index in [1.54, 1.807) is 16.0 Å². The molecule has 7 heteroatoms. The number of hydrazine groups is 1. The molecule has 0 radical (unpaired) electrons. The fourth-order valence-corrected chi connectivity index (χ4v) is 2.96. The molecule has 0 spiro atoms. The van der Waals surface area contributed by atoms with Crippen molar-refractivity contribution in [2.24, 2.45) is 12.9 Å². The maximum atomic E-state index is 5.56. The Balaban J connectivity index is 2.12. The summed E-state index contributed by atoms with van der Waals surface area (Å²) in [5, 5.41) is 9.98. The van der Waals surface area contributed by atoms with Gasteiger partial charge < -0.3 is 0 Å². The standard InChI is InChI=1S/C9H12BrN5S/c1-15-4-7(13-14-15)3-8(12-11)9-2-6(10)5-16-9/h2,4-5,8,12H,3,11H2,1H3. The van der Waals surface area contributed by atoms with Crippen LogP contribution in [0.15, 0.2) is 22.1 Å². The SMILES string of the molecule is Cn1cc(CC(NN)c2cc(Br)cs2)nn1. The van der Waals surface area contributed by atoms with Crippen LogP contribution in [0.3, 0.4) is 0 Å². The van der Waals surface area contributed by atoms with E-state index in [1.807, 2.05) is 18.6 Å². The van der Waals surface area contributed by atoms with Gasteiger partial charge in [0.25, 0.3) is 0 Å². The number of nitrogens with one attached hydrogen (secondary N) is 1. The van der Waals surface area contributed by atoms with Crippen molar-refractivity contribution in [1.82, 2.24) is 20.4 Å². The molecule has 16 heavy (non-hydrogen) atoms. The molecule has 0 aliphatic rings. The molecule has 2 rings (SSSR count). The molecule has 2 heterocycles. The Bertz CT molecular complexity index is 466. The number of aromatic nitrogens is 3. The van der Waals surface area contributed by atoms with Gasteiger partial charge in [-0.05, 0) is 22.0 Å². The number of thiophene rings is 1. The largest absolute Gasteiger partial charge is 0.271 e. The van der Waals surface area contributed by atoms with E-state index in [9.17, 15) is 0 Å². The topological polar surface area (TPSA) is 68.8 Å². The summed E-state index contributed by atoms with van der Waals surface area (Å²) in [4.78, 5) is 1.18. The molecule has 86 valence electrons. The second-order valence-corrected chi connectivity index (χ2v) is 5.33. The number of nitrogens with two attached hydrogens (primary N) is 1. The maximum Gasteiger partial charge on any atom is 0.0846 e. The van der Waals surface area contributed by atoms with Gasteiger partial charge in [0.2, 0.25) is 0 Å². The zero-order valence-electron chi connectivity index (χ0n) is 8.72. The van der Waals surface area contributed by atoms with Crippen LogP contribution >= 0.6 is 27.3 Å². The lowest BCUT2D eigenvalue weighted by molar-refractivity contribution is 0.553. The van der Waals surface area contributed by atoms with E-state index in [4.69, 9.17) is 5.84 Å². The average molecular weight is 302 g/mol. The molecule has 1 unspecified atom stereocenters. The number of hydrogen-bond acceptors (Lipinski definition) is 5. The normalized spacial score (nSPS) is 12.9. The van der Waals surface area contributed by atoms with E-state index >= 15 is 0 Å². The molecular formula is C9H12BrN5S. The molecule has 2 aromatic heterocycles. The summed E-state index contributed by atoms with van der Waals surface area (Å²) in [6, 6.07) is 2.14. The first-order chi connectivity index (χ1) is 7.69. The fourth-order valence-electron chi connectivity index (χ4n) is 1.45. The molecule has 0 bridgehead atoms. The quantitative estimate of drug-likeness (QED) is 0.661. The van der Waals surface area contributed by atoms with Crippen LogP contribution in [0.1, 0.15) is 16.6 Å². The van der Waals surface area contributed by atoms with Gasteiger partial charge in [0.1, 0.15) is 0 Å². The first-order valence-corrected chi connectivity index (χ1v) is 6.41. The molecule has 0 fully saturated rings. The number of rotatable bonds is 4. The molecule has 2 aromatic rings. The Kier molecular flexibility index (Phi) is 3.70. The summed E-state index contributed by atoms with van der Waals surface area (Å²) in [5.74, 6) is 5.56. The molecule has 0 saturated heterocycles. The Morgan fingerprint density at radius 1 is 1.69 bits per heavy atom. The van der Waals surface area contributed by atoms with Gasteiger partial charge in [-0.1, -0.05) is 5.21 Å². The summed E-state index contributed by atoms with van der Waals surface area (Å²) in [6.07, 6.45) is 2.63. The van der Waals surface area contributed by atoms with Crippen LogP contribution in [0.5, 0.6) is 0 Å². The molecule has 3 N–H and O–H groups in total. The van der Waals surface area contributed by atoms with E-state index in [2.05, 4.69) is 37.7 Å². The molecule has 0 saturated carbocycles. The summed E-state index contributed by atoms with van der Waals surface area (Å²) in [7, 11) is 1.85. The predicted molar refractivity (Wildman–Crippen MR) is 66.8 cm³/mol. The fraction of sp³-hybridized carbons (Fsp3) is 0.333. The van der Waals surface area contributed by atoms with Gasteiger partial charge in [-0.15, -0.1) is 16.4 Å². The van der Waals surface area contributed by atoms with Gasteiger partial charge in [0.15, 0.2) is 0 Å². The first kappa shape index (κ1) is 11.7. The minimum atomic E-state index is 0.0769. The van der Waals surface area contributed by atoms with Gasteiger partial charge in [-0.3, -0.25) is 16.0 Å². The van der Waals surface area contributed by atoms with Crippen molar-refractivity contribution in [3.63, 3.8) is 0 Å². The van der Waals surface area contributed by atoms with Crippen LogP contribution in [0.2, 0.25) is 0 Å². The van der Waals surface area contributed by atoms with Crippen LogP contribution in [0, 0.1) is 0 Å². The second-order valence-electron chi connectivity index (χ2n) is 3.47. The van der Waals surface area contributed by atoms with Crippen LogP contribution in [-0.2, 0) is 13.5 Å². The maximum absolute atomic E-state index is 5.56. The van der Waals surface area contributed by atoms with Crippen molar-refractivity contribution in [2.45, 2.75) is 12.5 Å². The van der Waals surface area contributed by atoms with E-state index < -0.39 is 0 Å². The Morgan fingerprint density at radius 2 is 2.50 bits per heavy atom.